The molecule has 3 N–H and O–H groups in total. The highest BCUT2D eigenvalue weighted by molar-refractivity contribution is 5.96. The molecule has 0 saturated carbocycles. The van der Waals surface area contributed by atoms with Crippen molar-refractivity contribution in [1.82, 2.24) is 5.32 Å². The second kappa shape index (κ2) is 9.42. The topological polar surface area (TPSA) is 64.3 Å². The fraction of sp³-hybridized carbons (Fsp3) is 0.190. The number of nitrogens with one attached hydrogen (secondary N) is 1. The summed E-state index contributed by atoms with van der Waals surface area (Å²) in [6, 6.07) is 13.2. The number of nitrogens with two attached hydrogens (primary N) is 1. The largest absolute Gasteiger partial charge is 0.457 e. The summed E-state index contributed by atoms with van der Waals surface area (Å²) in [6.07, 6.45) is 4.44. The molecule has 136 valence electrons. The van der Waals surface area contributed by atoms with Crippen LogP contribution < -0.4 is 15.8 Å². The Labute approximate surface area is 153 Å². The number of carbonyl (C=O) groups excluding carboxylic acids is 1. The van der Waals surface area contributed by atoms with E-state index in [-0.39, 0.29) is 11.7 Å². The zero-order chi connectivity index (χ0) is 18.9. The molecule has 0 aliphatic carbocycles. The minimum absolute atomic E-state index is 0.230. The van der Waals surface area contributed by atoms with E-state index in [4.69, 9.17) is 10.5 Å². The van der Waals surface area contributed by atoms with Crippen LogP contribution in [-0.2, 0) is 11.3 Å². The molecule has 0 atom stereocenters. The van der Waals surface area contributed by atoms with Crippen molar-refractivity contribution in [1.29, 1.82) is 0 Å². The molecule has 0 bridgehead atoms. The zero-order valence-electron chi connectivity index (χ0n) is 15.0. The van der Waals surface area contributed by atoms with Gasteiger partial charge in [0, 0.05) is 18.3 Å². The van der Waals surface area contributed by atoms with Crippen LogP contribution in [-0.4, -0.2) is 5.91 Å². The Morgan fingerprint density at radius 2 is 1.88 bits per heavy atom. The van der Waals surface area contributed by atoms with Crippen molar-refractivity contribution in [2.45, 2.75) is 26.8 Å². The molecule has 0 aliphatic heterocycles. The highest BCUT2D eigenvalue weighted by Crippen LogP contribution is 2.22. The summed E-state index contributed by atoms with van der Waals surface area (Å²) in [5.74, 6) is 0.396. The first-order valence-electron chi connectivity index (χ1n) is 8.43. The predicted molar refractivity (Wildman–Crippen MR) is 101 cm³/mol. The van der Waals surface area contributed by atoms with Gasteiger partial charge in [0.05, 0.1) is 5.57 Å². The summed E-state index contributed by atoms with van der Waals surface area (Å²) < 4.78 is 18.9. The van der Waals surface area contributed by atoms with E-state index in [1.54, 1.807) is 37.3 Å². The van der Waals surface area contributed by atoms with E-state index in [9.17, 15) is 9.18 Å². The SMILES string of the molecule is CC/C=C\C(C(=O)NCc1cccc(Oc2cccc(F)c2)c1)=C(/C)N. The first-order chi connectivity index (χ1) is 12.5. The normalized spacial score (nSPS) is 12.0. The molecular formula is C21H23FN2O2. The molecule has 4 nitrogen and oxygen atoms in total. The van der Waals surface area contributed by atoms with Gasteiger partial charge in [0.15, 0.2) is 0 Å². The minimum atomic E-state index is -0.359. The lowest BCUT2D eigenvalue weighted by Gasteiger charge is -2.10. The fourth-order valence-electron chi connectivity index (χ4n) is 2.28. The second-order valence-corrected chi connectivity index (χ2v) is 5.80. The molecule has 0 unspecified atom stereocenters. The van der Waals surface area contributed by atoms with Crippen molar-refractivity contribution in [2.24, 2.45) is 5.73 Å². The molecule has 0 heterocycles. The van der Waals surface area contributed by atoms with Crippen LogP contribution in [0.1, 0.15) is 25.8 Å². The van der Waals surface area contributed by atoms with Gasteiger partial charge in [0.1, 0.15) is 17.3 Å². The van der Waals surface area contributed by atoms with Gasteiger partial charge in [0.25, 0.3) is 5.91 Å². The number of rotatable bonds is 7. The van der Waals surface area contributed by atoms with Crippen molar-refractivity contribution in [3.05, 3.63) is 83.3 Å². The zero-order valence-corrected chi connectivity index (χ0v) is 15.0. The third kappa shape index (κ3) is 5.77. The Kier molecular flexibility index (Phi) is 6.97. The highest BCUT2D eigenvalue weighted by Gasteiger charge is 2.09. The summed E-state index contributed by atoms with van der Waals surface area (Å²) in [4.78, 5) is 12.3. The van der Waals surface area contributed by atoms with Gasteiger partial charge in [0.2, 0.25) is 0 Å². The van der Waals surface area contributed by atoms with Crippen molar-refractivity contribution in [3.63, 3.8) is 0 Å². The van der Waals surface area contributed by atoms with Crippen molar-refractivity contribution in [3.8, 4) is 11.5 Å². The molecule has 0 fully saturated rings. The van der Waals surface area contributed by atoms with Crippen LogP contribution in [0.2, 0.25) is 0 Å². The average Bonchev–Trinajstić information content (AvgIpc) is 2.60. The third-order valence-electron chi connectivity index (χ3n) is 3.57. The summed E-state index contributed by atoms with van der Waals surface area (Å²) in [5.41, 5.74) is 7.57. The van der Waals surface area contributed by atoms with Gasteiger partial charge in [-0.1, -0.05) is 37.3 Å². The quantitative estimate of drug-likeness (QED) is 0.571. The Morgan fingerprint density at radius 3 is 2.54 bits per heavy atom. The molecule has 26 heavy (non-hydrogen) atoms. The molecule has 0 radical (unpaired) electrons. The van der Waals surface area contributed by atoms with E-state index >= 15 is 0 Å². The molecular weight excluding hydrogens is 331 g/mol. The lowest BCUT2D eigenvalue weighted by molar-refractivity contribution is -0.117. The molecule has 5 heteroatoms. The number of hydrogen-bond acceptors (Lipinski definition) is 3. The molecule has 1 amide bonds. The Balaban J connectivity index is 2.03. The lowest BCUT2D eigenvalue weighted by atomic mass is 10.1. The first kappa shape index (κ1) is 19.2. The minimum Gasteiger partial charge on any atom is -0.457 e. The molecule has 0 aromatic heterocycles. The van der Waals surface area contributed by atoms with Gasteiger partial charge in [-0.25, -0.2) is 4.39 Å². The summed E-state index contributed by atoms with van der Waals surface area (Å²) in [5, 5.41) is 2.85. The molecule has 2 aromatic rings. The molecule has 2 aromatic carbocycles. The maximum absolute atomic E-state index is 13.2. The predicted octanol–water partition coefficient (Wildman–Crippen LogP) is 4.43. The van der Waals surface area contributed by atoms with Crippen LogP contribution >= 0.6 is 0 Å². The van der Waals surface area contributed by atoms with E-state index < -0.39 is 0 Å². The van der Waals surface area contributed by atoms with Crippen LogP contribution in [0.15, 0.2) is 72.0 Å². The number of allylic oxidation sites excluding steroid dienone is 2. The Bertz CT molecular complexity index is 824. The van der Waals surface area contributed by atoms with Gasteiger partial charge in [-0.3, -0.25) is 4.79 Å². The smallest absolute Gasteiger partial charge is 0.253 e. The number of hydrogen-bond donors (Lipinski definition) is 2. The van der Waals surface area contributed by atoms with E-state index in [1.807, 2.05) is 25.1 Å². The van der Waals surface area contributed by atoms with E-state index in [2.05, 4.69) is 5.32 Å². The molecule has 2 rings (SSSR count). The summed E-state index contributed by atoms with van der Waals surface area (Å²) >= 11 is 0. The Hall–Kier alpha value is -3.08. The number of ether oxygens (including phenoxy) is 1. The summed E-state index contributed by atoms with van der Waals surface area (Å²) in [7, 11) is 0. The molecule has 0 aliphatic rings. The molecule has 0 spiro atoms. The van der Waals surface area contributed by atoms with Crippen LogP contribution in [0.25, 0.3) is 0 Å². The van der Waals surface area contributed by atoms with E-state index in [0.29, 0.717) is 29.3 Å². The van der Waals surface area contributed by atoms with Crippen molar-refractivity contribution in [2.75, 3.05) is 0 Å². The Morgan fingerprint density at radius 1 is 1.19 bits per heavy atom. The van der Waals surface area contributed by atoms with Gasteiger partial charge < -0.3 is 15.8 Å². The van der Waals surface area contributed by atoms with E-state index in [0.717, 1.165) is 12.0 Å². The third-order valence-corrected chi connectivity index (χ3v) is 3.57. The maximum Gasteiger partial charge on any atom is 0.253 e. The van der Waals surface area contributed by atoms with Gasteiger partial charge >= 0.3 is 0 Å². The summed E-state index contributed by atoms with van der Waals surface area (Å²) in [6.45, 7) is 4.01. The first-order valence-corrected chi connectivity index (χ1v) is 8.43. The number of benzene rings is 2. The van der Waals surface area contributed by atoms with Crippen molar-refractivity contribution < 1.29 is 13.9 Å². The van der Waals surface area contributed by atoms with Gasteiger partial charge in [-0.15, -0.1) is 0 Å². The molecule has 0 saturated heterocycles. The average molecular weight is 354 g/mol. The standard InChI is InChI=1S/C21H23FN2O2/c1-3-4-11-20(15(2)23)21(25)24-14-16-7-5-9-18(12-16)26-19-10-6-8-17(22)13-19/h4-13H,3,14,23H2,1-2H3,(H,24,25)/b11-4-,20-15-. The number of halogens is 1. The van der Waals surface area contributed by atoms with Crippen LogP contribution in [0.4, 0.5) is 4.39 Å². The number of amides is 1. The van der Waals surface area contributed by atoms with Crippen LogP contribution in [0.5, 0.6) is 11.5 Å². The van der Waals surface area contributed by atoms with Crippen LogP contribution in [0.3, 0.4) is 0 Å². The van der Waals surface area contributed by atoms with Crippen LogP contribution in [0, 0.1) is 5.82 Å². The maximum atomic E-state index is 13.2. The highest BCUT2D eigenvalue weighted by atomic mass is 19.1. The second-order valence-electron chi connectivity index (χ2n) is 5.80. The monoisotopic (exact) mass is 354 g/mol. The number of carbonyl (C=O) groups is 1. The lowest BCUT2D eigenvalue weighted by Crippen LogP contribution is -2.25. The van der Waals surface area contributed by atoms with Crippen molar-refractivity contribution >= 4 is 5.91 Å². The van der Waals surface area contributed by atoms with E-state index in [1.165, 1.54) is 12.1 Å². The van der Waals surface area contributed by atoms with Gasteiger partial charge in [-0.05, 0) is 43.2 Å². The fourth-order valence-corrected chi connectivity index (χ4v) is 2.28. The van der Waals surface area contributed by atoms with Gasteiger partial charge in [-0.2, -0.15) is 0 Å².